The maximum Gasteiger partial charge on any atom is 0.347 e. The van der Waals surface area contributed by atoms with Crippen LogP contribution >= 0.6 is 0 Å². The summed E-state index contributed by atoms with van der Waals surface area (Å²) in [4.78, 5) is 24.9. The molecule has 0 saturated carbocycles. The van der Waals surface area contributed by atoms with E-state index >= 15 is 0 Å². The van der Waals surface area contributed by atoms with Crippen LogP contribution in [0.25, 0.3) is 21.9 Å². The first-order valence-electron chi connectivity index (χ1n) is 9.28. The van der Waals surface area contributed by atoms with E-state index in [1.807, 2.05) is 6.92 Å². The first kappa shape index (κ1) is 19.0. The number of aryl methyl sites for hydroxylation is 2. The molecule has 6 nitrogen and oxygen atoms in total. The molecule has 3 rings (SSSR count). The summed E-state index contributed by atoms with van der Waals surface area (Å²) in [6, 6.07) is 3.24. The standard InChI is InChI=1S/C21H24O6/c1-5-7-8-13(6-2)20(23)27-19-17(22)11(3)9-14-16-15(26-18(14)19)10-12(4)25-21(16)24/h9-10,13,22H,5-8H2,1-4H3. The first-order valence-corrected chi connectivity index (χ1v) is 9.28. The second kappa shape index (κ2) is 7.47. The Hall–Kier alpha value is -2.76. The van der Waals surface area contributed by atoms with Crippen LogP contribution in [0.15, 0.2) is 25.8 Å². The Balaban J connectivity index is 2.14. The number of benzene rings is 1. The highest BCUT2D eigenvalue weighted by molar-refractivity contribution is 6.08. The van der Waals surface area contributed by atoms with Gasteiger partial charge in [0.2, 0.25) is 5.75 Å². The van der Waals surface area contributed by atoms with E-state index in [2.05, 4.69) is 6.92 Å². The second-order valence-corrected chi connectivity index (χ2v) is 6.90. The van der Waals surface area contributed by atoms with Crippen LogP contribution in [0.1, 0.15) is 50.9 Å². The Bertz CT molecular complexity index is 1060. The van der Waals surface area contributed by atoms with Crippen molar-refractivity contribution in [3.63, 3.8) is 0 Å². The highest BCUT2D eigenvalue weighted by Gasteiger charge is 2.25. The molecular formula is C21H24O6. The van der Waals surface area contributed by atoms with Gasteiger partial charge in [-0.15, -0.1) is 0 Å². The molecule has 2 heterocycles. The van der Waals surface area contributed by atoms with Gasteiger partial charge in [0.1, 0.15) is 16.7 Å². The molecule has 144 valence electrons. The molecule has 1 atom stereocenters. The molecule has 6 heteroatoms. The van der Waals surface area contributed by atoms with Gasteiger partial charge in [-0.3, -0.25) is 4.79 Å². The number of hydrogen-bond donors (Lipinski definition) is 1. The maximum atomic E-state index is 12.6. The lowest BCUT2D eigenvalue weighted by molar-refractivity contribution is -0.139. The number of furan rings is 1. The molecule has 0 aliphatic heterocycles. The summed E-state index contributed by atoms with van der Waals surface area (Å²) in [5, 5.41) is 11.2. The Labute approximate surface area is 156 Å². The third-order valence-corrected chi connectivity index (χ3v) is 4.86. The van der Waals surface area contributed by atoms with Crippen molar-refractivity contribution in [2.75, 3.05) is 0 Å². The van der Waals surface area contributed by atoms with Crippen molar-refractivity contribution in [2.45, 2.75) is 53.4 Å². The number of unbranched alkanes of at least 4 members (excludes halogenated alkanes) is 1. The number of carbonyl (C=O) groups is 1. The predicted molar refractivity (Wildman–Crippen MR) is 102 cm³/mol. The van der Waals surface area contributed by atoms with Crippen LogP contribution in [0.2, 0.25) is 0 Å². The molecule has 3 aromatic rings. The monoisotopic (exact) mass is 372 g/mol. The average Bonchev–Trinajstić information content (AvgIpc) is 2.97. The van der Waals surface area contributed by atoms with Gasteiger partial charge in [-0.2, -0.15) is 0 Å². The molecule has 1 N–H and O–H groups in total. The van der Waals surface area contributed by atoms with Crippen LogP contribution in [0, 0.1) is 19.8 Å². The molecule has 0 amide bonds. The molecule has 1 aromatic carbocycles. The van der Waals surface area contributed by atoms with Crippen LogP contribution in [0.3, 0.4) is 0 Å². The van der Waals surface area contributed by atoms with Crippen LogP contribution < -0.4 is 10.4 Å². The van der Waals surface area contributed by atoms with E-state index in [1.165, 1.54) is 0 Å². The predicted octanol–water partition coefficient (Wildman–Crippen LogP) is 4.98. The number of esters is 1. The van der Waals surface area contributed by atoms with Crippen LogP contribution in [-0.4, -0.2) is 11.1 Å². The molecule has 0 aliphatic rings. The molecule has 0 spiro atoms. The van der Waals surface area contributed by atoms with E-state index in [4.69, 9.17) is 13.6 Å². The number of phenolic OH excluding ortho intramolecular Hbond substituents is 1. The van der Waals surface area contributed by atoms with Gasteiger partial charge in [-0.25, -0.2) is 4.79 Å². The summed E-state index contributed by atoms with van der Waals surface area (Å²) >= 11 is 0. The molecule has 0 bridgehead atoms. The molecular weight excluding hydrogens is 348 g/mol. The van der Waals surface area contributed by atoms with Crippen molar-refractivity contribution < 1.29 is 23.5 Å². The van der Waals surface area contributed by atoms with E-state index < -0.39 is 11.6 Å². The number of rotatable bonds is 6. The Morgan fingerprint density at radius 1 is 1.22 bits per heavy atom. The summed E-state index contributed by atoms with van der Waals surface area (Å²) in [7, 11) is 0. The van der Waals surface area contributed by atoms with Crippen molar-refractivity contribution in [1.82, 2.24) is 0 Å². The van der Waals surface area contributed by atoms with Gasteiger partial charge in [0.25, 0.3) is 0 Å². The topological polar surface area (TPSA) is 89.9 Å². The highest BCUT2D eigenvalue weighted by Crippen LogP contribution is 2.42. The number of ether oxygens (including phenoxy) is 1. The Morgan fingerprint density at radius 2 is 1.96 bits per heavy atom. The van der Waals surface area contributed by atoms with E-state index in [9.17, 15) is 14.7 Å². The van der Waals surface area contributed by atoms with Gasteiger partial charge < -0.3 is 18.7 Å². The average molecular weight is 372 g/mol. The molecule has 0 fully saturated rings. The summed E-state index contributed by atoms with van der Waals surface area (Å²) in [6.45, 7) is 7.32. The highest BCUT2D eigenvalue weighted by atomic mass is 16.5. The smallest absolute Gasteiger partial charge is 0.347 e. The lowest BCUT2D eigenvalue weighted by Gasteiger charge is -2.15. The Kier molecular flexibility index (Phi) is 5.26. The van der Waals surface area contributed by atoms with Gasteiger partial charge in [0, 0.05) is 11.5 Å². The first-order chi connectivity index (χ1) is 12.9. The summed E-state index contributed by atoms with van der Waals surface area (Å²) in [5.41, 5.74) is 0.457. The van der Waals surface area contributed by atoms with Crippen LogP contribution in [0.4, 0.5) is 0 Å². The molecule has 0 radical (unpaired) electrons. The number of phenols is 1. The van der Waals surface area contributed by atoms with Crippen molar-refractivity contribution in [1.29, 1.82) is 0 Å². The lowest BCUT2D eigenvalue weighted by atomic mass is 9.99. The molecule has 27 heavy (non-hydrogen) atoms. The number of hydrogen-bond acceptors (Lipinski definition) is 6. The zero-order valence-electron chi connectivity index (χ0n) is 16.0. The van der Waals surface area contributed by atoms with Crippen molar-refractivity contribution in [3.8, 4) is 11.5 Å². The van der Waals surface area contributed by atoms with E-state index in [0.717, 1.165) is 19.3 Å². The summed E-state index contributed by atoms with van der Waals surface area (Å²) in [6.07, 6.45) is 3.29. The van der Waals surface area contributed by atoms with Crippen molar-refractivity contribution in [3.05, 3.63) is 33.9 Å². The largest absolute Gasteiger partial charge is 0.504 e. The number of carbonyl (C=O) groups excluding carboxylic acids is 1. The lowest BCUT2D eigenvalue weighted by Crippen LogP contribution is -2.20. The number of fused-ring (bicyclic) bond motifs is 3. The van der Waals surface area contributed by atoms with Gasteiger partial charge in [0.15, 0.2) is 11.3 Å². The van der Waals surface area contributed by atoms with E-state index in [1.54, 1.807) is 26.0 Å². The fraction of sp³-hybridized carbons (Fsp3) is 0.429. The molecule has 0 saturated heterocycles. The van der Waals surface area contributed by atoms with Crippen molar-refractivity contribution in [2.24, 2.45) is 5.92 Å². The second-order valence-electron chi connectivity index (χ2n) is 6.90. The quantitative estimate of drug-likeness (QED) is 0.485. The number of aromatic hydroxyl groups is 1. The minimum absolute atomic E-state index is 0.0433. The fourth-order valence-electron chi connectivity index (χ4n) is 3.28. The van der Waals surface area contributed by atoms with Gasteiger partial charge in [-0.1, -0.05) is 26.7 Å². The summed E-state index contributed by atoms with van der Waals surface area (Å²) < 4.78 is 16.5. The zero-order valence-corrected chi connectivity index (χ0v) is 16.0. The molecule has 2 aromatic heterocycles. The third kappa shape index (κ3) is 3.44. The normalized spacial score (nSPS) is 12.6. The minimum Gasteiger partial charge on any atom is -0.504 e. The Morgan fingerprint density at radius 3 is 2.63 bits per heavy atom. The molecule has 0 aliphatic carbocycles. The van der Waals surface area contributed by atoms with Crippen LogP contribution in [-0.2, 0) is 4.79 Å². The third-order valence-electron chi connectivity index (χ3n) is 4.86. The van der Waals surface area contributed by atoms with Gasteiger partial charge >= 0.3 is 11.6 Å². The minimum atomic E-state index is -0.527. The van der Waals surface area contributed by atoms with Gasteiger partial charge in [0.05, 0.1) is 5.92 Å². The SMILES string of the molecule is CCCCC(CC)C(=O)Oc1c(O)c(C)cc2c1oc1cc(C)oc(=O)c12. The van der Waals surface area contributed by atoms with Crippen molar-refractivity contribution >= 4 is 27.9 Å². The van der Waals surface area contributed by atoms with Gasteiger partial charge in [-0.05, 0) is 38.3 Å². The zero-order chi connectivity index (χ0) is 19.7. The maximum absolute atomic E-state index is 12.6. The molecule has 1 unspecified atom stereocenters. The fourth-order valence-corrected chi connectivity index (χ4v) is 3.28. The van der Waals surface area contributed by atoms with E-state index in [-0.39, 0.29) is 28.4 Å². The van der Waals surface area contributed by atoms with E-state index in [0.29, 0.717) is 28.7 Å². The van der Waals surface area contributed by atoms with Crippen LogP contribution in [0.5, 0.6) is 11.5 Å². The summed E-state index contributed by atoms with van der Waals surface area (Å²) in [5.74, 6) is -0.454.